The molecule has 1 amide bonds. The minimum atomic E-state index is -0.0667. The monoisotopic (exact) mass is 267 g/mol. The number of ether oxygens (including phenoxy) is 1. The van der Waals surface area contributed by atoms with Crippen molar-refractivity contribution < 1.29 is 9.53 Å². The second kappa shape index (κ2) is 6.89. The molecule has 7 heteroatoms. The Balaban J connectivity index is 2.75. The van der Waals surface area contributed by atoms with E-state index in [0.717, 1.165) is 0 Å². The molecule has 1 rings (SSSR count). The van der Waals surface area contributed by atoms with Crippen LogP contribution in [0.5, 0.6) is 0 Å². The summed E-state index contributed by atoms with van der Waals surface area (Å²) in [6, 6.07) is 1.74. The molecule has 0 aliphatic rings. The van der Waals surface area contributed by atoms with E-state index in [-0.39, 0.29) is 25.1 Å². The summed E-state index contributed by atoms with van der Waals surface area (Å²) in [5, 5.41) is 2.82. The summed E-state index contributed by atoms with van der Waals surface area (Å²) in [7, 11) is 3.34. The Hall–Kier alpha value is -1.89. The van der Waals surface area contributed by atoms with E-state index >= 15 is 0 Å². The summed E-state index contributed by atoms with van der Waals surface area (Å²) in [6.45, 7) is 4.32. The second-order valence-electron chi connectivity index (χ2n) is 4.58. The van der Waals surface area contributed by atoms with Crippen LogP contribution in [0.4, 0.5) is 11.6 Å². The number of methoxy groups -OCH3 is 1. The van der Waals surface area contributed by atoms with E-state index in [4.69, 9.17) is 10.5 Å². The van der Waals surface area contributed by atoms with Gasteiger partial charge >= 0.3 is 0 Å². The molecule has 0 saturated carbocycles. The highest BCUT2D eigenvalue weighted by atomic mass is 16.5. The number of carbonyl (C=O) groups excluding carboxylic acids is 1. The normalized spacial score (nSPS) is 10.6. The fourth-order valence-corrected chi connectivity index (χ4v) is 1.56. The number of aromatic nitrogens is 2. The van der Waals surface area contributed by atoms with Gasteiger partial charge in [0.1, 0.15) is 18.2 Å². The number of nitrogens with zero attached hydrogens (tertiary/aromatic N) is 3. The van der Waals surface area contributed by atoms with Gasteiger partial charge in [-0.25, -0.2) is 9.97 Å². The molecule has 0 aliphatic heterocycles. The second-order valence-corrected chi connectivity index (χ2v) is 4.58. The zero-order chi connectivity index (χ0) is 14.4. The third-order valence-electron chi connectivity index (χ3n) is 2.27. The highest BCUT2D eigenvalue weighted by molar-refractivity contribution is 5.81. The van der Waals surface area contributed by atoms with E-state index in [0.29, 0.717) is 17.5 Å². The fourth-order valence-electron chi connectivity index (χ4n) is 1.56. The van der Waals surface area contributed by atoms with Gasteiger partial charge in [-0.3, -0.25) is 4.79 Å². The smallest absolute Gasteiger partial charge is 0.239 e. The van der Waals surface area contributed by atoms with Crippen molar-refractivity contribution in [2.75, 3.05) is 31.3 Å². The van der Waals surface area contributed by atoms with Gasteiger partial charge in [-0.15, -0.1) is 0 Å². The molecule has 0 aromatic carbocycles. The standard InChI is InChI=1S/C12H21N5O2/c1-8(2)14-12(18)6-17(3)11-5-9(13)15-10(16-11)7-19-4/h5,8H,6-7H2,1-4H3,(H,14,18)(H2,13,15,16). The highest BCUT2D eigenvalue weighted by Crippen LogP contribution is 2.12. The molecular weight excluding hydrogens is 246 g/mol. The molecule has 0 saturated heterocycles. The Labute approximate surface area is 113 Å². The first-order valence-corrected chi connectivity index (χ1v) is 6.05. The van der Waals surface area contributed by atoms with Gasteiger partial charge in [0, 0.05) is 26.3 Å². The maximum atomic E-state index is 11.7. The molecule has 0 spiro atoms. The minimum absolute atomic E-state index is 0.0667. The zero-order valence-corrected chi connectivity index (χ0v) is 11.8. The van der Waals surface area contributed by atoms with Crippen molar-refractivity contribution in [1.82, 2.24) is 15.3 Å². The summed E-state index contributed by atoms with van der Waals surface area (Å²) in [6.07, 6.45) is 0. The molecule has 7 nitrogen and oxygen atoms in total. The van der Waals surface area contributed by atoms with Crippen molar-refractivity contribution in [3.8, 4) is 0 Å². The van der Waals surface area contributed by atoms with Crippen molar-refractivity contribution in [3.05, 3.63) is 11.9 Å². The van der Waals surface area contributed by atoms with Crippen LogP contribution in [0.1, 0.15) is 19.7 Å². The molecular formula is C12H21N5O2. The lowest BCUT2D eigenvalue weighted by Gasteiger charge is -2.19. The molecule has 1 heterocycles. The van der Waals surface area contributed by atoms with Gasteiger partial charge in [-0.2, -0.15) is 0 Å². The van der Waals surface area contributed by atoms with Crippen molar-refractivity contribution in [3.63, 3.8) is 0 Å². The lowest BCUT2D eigenvalue weighted by Crippen LogP contribution is -2.39. The topological polar surface area (TPSA) is 93.4 Å². The van der Waals surface area contributed by atoms with E-state index in [9.17, 15) is 4.79 Å². The van der Waals surface area contributed by atoms with Gasteiger partial charge in [0.2, 0.25) is 5.91 Å². The van der Waals surface area contributed by atoms with Crippen molar-refractivity contribution in [2.45, 2.75) is 26.5 Å². The number of amides is 1. The van der Waals surface area contributed by atoms with E-state index in [2.05, 4.69) is 15.3 Å². The third kappa shape index (κ3) is 5.09. The largest absolute Gasteiger partial charge is 0.384 e. The predicted octanol–water partition coefficient (Wildman–Crippen LogP) is 0.166. The number of rotatable bonds is 6. The highest BCUT2D eigenvalue weighted by Gasteiger charge is 2.11. The lowest BCUT2D eigenvalue weighted by atomic mass is 10.3. The molecule has 1 aromatic heterocycles. The number of nitrogens with one attached hydrogen (secondary N) is 1. The number of nitrogen functional groups attached to an aromatic ring is 1. The molecule has 106 valence electrons. The minimum Gasteiger partial charge on any atom is -0.384 e. The number of hydrogen-bond donors (Lipinski definition) is 2. The molecule has 0 aliphatic carbocycles. The van der Waals surface area contributed by atoms with E-state index in [1.807, 2.05) is 13.8 Å². The molecule has 0 fully saturated rings. The third-order valence-corrected chi connectivity index (χ3v) is 2.27. The Morgan fingerprint density at radius 2 is 2.21 bits per heavy atom. The fraction of sp³-hybridized carbons (Fsp3) is 0.583. The maximum Gasteiger partial charge on any atom is 0.239 e. The average molecular weight is 267 g/mol. The van der Waals surface area contributed by atoms with Crippen LogP contribution in [-0.4, -0.2) is 42.6 Å². The van der Waals surface area contributed by atoms with E-state index < -0.39 is 0 Å². The number of likely N-dealkylation sites (N-methyl/N-ethyl adjacent to an activating group) is 1. The number of anilines is 2. The molecule has 0 unspecified atom stereocenters. The Morgan fingerprint density at radius 1 is 1.53 bits per heavy atom. The van der Waals surface area contributed by atoms with Crippen molar-refractivity contribution in [2.24, 2.45) is 0 Å². The van der Waals surface area contributed by atoms with Crippen LogP contribution in [-0.2, 0) is 16.1 Å². The van der Waals surface area contributed by atoms with E-state index in [1.54, 1.807) is 25.1 Å². The molecule has 0 bridgehead atoms. The molecule has 19 heavy (non-hydrogen) atoms. The Bertz CT molecular complexity index is 436. The van der Waals surface area contributed by atoms with Crippen LogP contribution in [0.15, 0.2) is 6.07 Å². The SMILES string of the molecule is COCc1nc(N)cc(N(C)CC(=O)NC(C)C)n1. The quantitative estimate of drug-likeness (QED) is 0.763. The predicted molar refractivity (Wildman–Crippen MR) is 73.7 cm³/mol. The number of nitrogens with two attached hydrogens (primary N) is 1. The van der Waals surface area contributed by atoms with Crippen LogP contribution in [0.2, 0.25) is 0 Å². The van der Waals surface area contributed by atoms with Crippen LogP contribution < -0.4 is 16.0 Å². The van der Waals surface area contributed by atoms with Crippen molar-refractivity contribution >= 4 is 17.5 Å². The first kappa shape index (κ1) is 15.2. The molecule has 1 aromatic rings. The van der Waals surface area contributed by atoms with Gasteiger partial charge in [0.15, 0.2) is 5.82 Å². The van der Waals surface area contributed by atoms with Gasteiger partial charge in [0.05, 0.1) is 6.54 Å². The summed E-state index contributed by atoms with van der Waals surface area (Å²) in [5.74, 6) is 1.38. The average Bonchev–Trinajstić information content (AvgIpc) is 2.27. The van der Waals surface area contributed by atoms with E-state index in [1.165, 1.54) is 0 Å². The first-order chi connectivity index (χ1) is 8.92. The Kier molecular flexibility index (Phi) is 5.50. The molecule has 0 atom stereocenters. The summed E-state index contributed by atoms with van der Waals surface area (Å²) in [5.41, 5.74) is 5.71. The van der Waals surface area contributed by atoms with Crippen LogP contribution >= 0.6 is 0 Å². The molecule has 0 radical (unpaired) electrons. The maximum absolute atomic E-state index is 11.7. The molecule has 3 N–H and O–H groups in total. The zero-order valence-electron chi connectivity index (χ0n) is 11.8. The van der Waals surface area contributed by atoms with Gasteiger partial charge in [-0.1, -0.05) is 0 Å². The van der Waals surface area contributed by atoms with Crippen LogP contribution in [0, 0.1) is 0 Å². The van der Waals surface area contributed by atoms with Crippen LogP contribution in [0.3, 0.4) is 0 Å². The van der Waals surface area contributed by atoms with Gasteiger partial charge < -0.3 is 20.7 Å². The summed E-state index contributed by atoms with van der Waals surface area (Å²) in [4.78, 5) is 21.7. The number of hydrogen-bond acceptors (Lipinski definition) is 6. The van der Waals surface area contributed by atoms with Gasteiger partial charge in [-0.05, 0) is 13.8 Å². The Morgan fingerprint density at radius 3 is 2.79 bits per heavy atom. The van der Waals surface area contributed by atoms with Crippen molar-refractivity contribution in [1.29, 1.82) is 0 Å². The summed E-state index contributed by atoms with van der Waals surface area (Å²) >= 11 is 0. The van der Waals surface area contributed by atoms with Crippen LogP contribution in [0.25, 0.3) is 0 Å². The first-order valence-electron chi connectivity index (χ1n) is 6.05. The summed E-state index contributed by atoms with van der Waals surface area (Å²) < 4.78 is 4.97. The lowest BCUT2D eigenvalue weighted by molar-refractivity contribution is -0.120. The van der Waals surface area contributed by atoms with Gasteiger partial charge in [0.25, 0.3) is 0 Å². The number of carbonyl (C=O) groups is 1.